The van der Waals surface area contributed by atoms with Gasteiger partial charge in [0, 0.05) is 11.9 Å². The summed E-state index contributed by atoms with van der Waals surface area (Å²) in [5.41, 5.74) is 1.50. The van der Waals surface area contributed by atoms with Crippen molar-refractivity contribution in [2.75, 3.05) is 13.1 Å². The summed E-state index contributed by atoms with van der Waals surface area (Å²) in [7, 11) is 0. The van der Waals surface area contributed by atoms with E-state index in [9.17, 15) is 4.39 Å². The molecule has 0 radical (unpaired) electrons. The summed E-state index contributed by atoms with van der Waals surface area (Å²) in [6.45, 7) is 8.71. The molecule has 0 aliphatic rings. The second kappa shape index (κ2) is 6.36. The van der Waals surface area contributed by atoms with E-state index in [4.69, 9.17) is 0 Å². The fourth-order valence-electron chi connectivity index (χ4n) is 2.57. The van der Waals surface area contributed by atoms with Crippen molar-refractivity contribution in [3.63, 3.8) is 0 Å². The van der Waals surface area contributed by atoms with Crippen molar-refractivity contribution in [3.8, 4) is 0 Å². The zero-order chi connectivity index (χ0) is 14.6. The summed E-state index contributed by atoms with van der Waals surface area (Å²) in [5.74, 6) is -0.128. The first-order chi connectivity index (χ1) is 9.53. The molecule has 2 aromatic carbocycles. The lowest BCUT2D eigenvalue weighted by molar-refractivity contribution is 0.318. The van der Waals surface area contributed by atoms with Crippen molar-refractivity contribution < 1.29 is 4.39 Å². The van der Waals surface area contributed by atoms with E-state index in [0.29, 0.717) is 0 Å². The zero-order valence-electron chi connectivity index (χ0n) is 12.7. The normalized spacial score (nSPS) is 12.0. The van der Waals surface area contributed by atoms with Gasteiger partial charge in [0.2, 0.25) is 0 Å². The van der Waals surface area contributed by atoms with Crippen LogP contribution in [-0.4, -0.2) is 13.1 Å². The highest BCUT2D eigenvalue weighted by atomic mass is 19.1. The minimum Gasteiger partial charge on any atom is -0.316 e. The lowest BCUT2D eigenvalue weighted by Crippen LogP contribution is -2.29. The molecule has 0 spiro atoms. The Morgan fingerprint density at radius 3 is 2.45 bits per heavy atom. The van der Waals surface area contributed by atoms with E-state index in [-0.39, 0.29) is 11.2 Å². The first-order valence-corrected chi connectivity index (χ1v) is 7.40. The molecule has 0 heterocycles. The Hall–Kier alpha value is -1.41. The van der Waals surface area contributed by atoms with Crippen molar-refractivity contribution in [2.45, 2.75) is 33.6 Å². The number of nitrogens with one attached hydrogen (secondary N) is 1. The quantitative estimate of drug-likeness (QED) is 0.814. The van der Waals surface area contributed by atoms with Gasteiger partial charge in [-0.05, 0) is 41.8 Å². The van der Waals surface area contributed by atoms with Crippen LogP contribution in [0.5, 0.6) is 0 Å². The summed E-state index contributed by atoms with van der Waals surface area (Å²) in [6, 6.07) is 11.3. The number of hydrogen-bond acceptors (Lipinski definition) is 1. The SMILES string of the molecule is CCNCC(C)(C)CCc1ccc(F)c2ccccc12. The molecule has 1 nitrogen and oxygen atoms in total. The van der Waals surface area contributed by atoms with Crippen LogP contribution in [0.25, 0.3) is 10.8 Å². The average Bonchev–Trinajstić information content (AvgIpc) is 2.45. The van der Waals surface area contributed by atoms with Crippen LogP contribution < -0.4 is 5.32 Å². The lowest BCUT2D eigenvalue weighted by atomic mass is 9.85. The Kier molecular flexibility index (Phi) is 4.77. The number of halogens is 1. The summed E-state index contributed by atoms with van der Waals surface area (Å²) < 4.78 is 13.8. The summed E-state index contributed by atoms with van der Waals surface area (Å²) in [6.07, 6.45) is 2.08. The molecule has 0 amide bonds. The van der Waals surface area contributed by atoms with Crippen LogP contribution in [-0.2, 0) is 6.42 Å². The molecule has 2 heteroatoms. The fourth-order valence-corrected chi connectivity index (χ4v) is 2.57. The predicted molar refractivity (Wildman–Crippen MR) is 84.6 cm³/mol. The molecule has 0 bridgehead atoms. The van der Waals surface area contributed by atoms with Crippen LogP contribution in [0.3, 0.4) is 0 Å². The molecule has 0 aromatic heterocycles. The van der Waals surface area contributed by atoms with Gasteiger partial charge in [0.1, 0.15) is 5.82 Å². The third-order valence-electron chi connectivity index (χ3n) is 3.89. The molecule has 108 valence electrons. The van der Waals surface area contributed by atoms with Crippen molar-refractivity contribution in [2.24, 2.45) is 5.41 Å². The Morgan fingerprint density at radius 1 is 1.05 bits per heavy atom. The van der Waals surface area contributed by atoms with Crippen molar-refractivity contribution in [1.29, 1.82) is 0 Å². The largest absolute Gasteiger partial charge is 0.316 e. The average molecular weight is 273 g/mol. The van der Waals surface area contributed by atoms with Crippen LogP contribution >= 0.6 is 0 Å². The molecule has 0 saturated heterocycles. The lowest BCUT2D eigenvalue weighted by Gasteiger charge is -2.25. The molecule has 0 fully saturated rings. The van der Waals surface area contributed by atoms with Crippen LogP contribution in [0.4, 0.5) is 4.39 Å². The second-order valence-corrected chi connectivity index (χ2v) is 6.20. The van der Waals surface area contributed by atoms with Gasteiger partial charge >= 0.3 is 0 Å². The molecule has 20 heavy (non-hydrogen) atoms. The van der Waals surface area contributed by atoms with E-state index in [1.807, 2.05) is 30.3 Å². The van der Waals surface area contributed by atoms with Gasteiger partial charge in [-0.25, -0.2) is 4.39 Å². The molecule has 1 N–H and O–H groups in total. The molecular formula is C18H24FN. The molecule has 0 saturated carbocycles. The van der Waals surface area contributed by atoms with Gasteiger partial charge in [0.25, 0.3) is 0 Å². The number of fused-ring (bicyclic) bond motifs is 1. The Morgan fingerprint density at radius 2 is 1.75 bits per heavy atom. The number of rotatable bonds is 6. The smallest absolute Gasteiger partial charge is 0.131 e. The van der Waals surface area contributed by atoms with Crippen LogP contribution in [0.2, 0.25) is 0 Å². The molecule has 0 unspecified atom stereocenters. The van der Waals surface area contributed by atoms with Crippen LogP contribution in [0, 0.1) is 11.2 Å². The van der Waals surface area contributed by atoms with E-state index in [2.05, 4.69) is 26.1 Å². The van der Waals surface area contributed by atoms with E-state index in [1.54, 1.807) is 6.07 Å². The van der Waals surface area contributed by atoms with Crippen molar-refractivity contribution in [3.05, 3.63) is 47.8 Å². The number of aryl methyl sites for hydroxylation is 1. The molecule has 2 aromatic rings. The summed E-state index contributed by atoms with van der Waals surface area (Å²) in [5, 5.41) is 5.19. The molecule has 0 atom stereocenters. The Labute approximate surface area is 121 Å². The van der Waals surface area contributed by atoms with E-state index >= 15 is 0 Å². The first kappa shape index (κ1) is 15.0. The van der Waals surface area contributed by atoms with E-state index in [1.165, 1.54) is 5.56 Å². The van der Waals surface area contributed by atoms with Gasteiger partial charge in [-0.3, -0.25) is 0 Å². The van der Waals surface area contributed by atoms with Crippen molar-refractivity contribution >= 4 is 10.8 Å². The highest BCUT2D eigenvalue weighted by Crippen LogP contribution is 2.27. The number of benzene rings is 2. The first-order valence-electron chi connectivity index (χ1n) is 7.40. The molecule has 2 rings (SSSR count). The zero-order valence-corrected chi connectivity index (χ0v) is 12.7. The van der Waals surface area contributed by atoms with E-state index in [0.717, 1.165) is 36.7 Å². The summed E-state index contributed by atoms with van der Waals surface area (Å²) in [4.78, 5) is 0. The number of hydrogen-bond donors (Lipinski definition) is 1. The molecular weight excluding hydrogens is 249 g/mol. The minimum atomic E-state index is -0.128. The van der Waals surface area contributed by atoms with E-state index < -0.39 is 0 Å². The maximum Gasteiger partial charge on any atom is 0.131 e. The Bertz CT molecular complexity index is 575. The van der Waals surface area contributed by atoms with Gasteiger partial charge < -0.3 is 5.32 Å². The van der Waals surface area contributed by atoms with Crippen molar-refractivity contribution in [1.82, 2.24) is 5.32 Å². The maximum atomic E-state index is 13.8. The van der Waals surface area contributed by atoms with Gasteiger partial charge in [0.15, 0.2) is 0 Å². The van der Waals surface area contributed by atoms with Gasteiger partial charge in [0.05, 0.1) is 0 Å². The predicted octanol–water partition coefficient (Wildman–Crippen LogP) is 4.55. The molecule has 0 aliphatic heterocycles. The third-order valence-corrected chi connectivity index (χ3v) is 3.89. The topological polar surface area (TPSA) is 12.0 Å². The van der Waals surface area contributed by atoms with Crippen LogP contribution in [0.1, 0.15) is 32.8 Å². The van der Waals surface area contributed by atoms with Crippen LogP contribution in [0.15, 0.2) is 36.4 Å². The van der Waals surface area contributed by atoms with Gasteiger partial charge in [-0.1, -0.05) is 51.1 Å². The standard InChI is InChI=1S/C18H24FN/c1-4-20-13-18(2,3)12-11-14-9-10-17(19)16-8-6-5-7-15(14)16/h5-10,20H,4,11-13H2,1-3H3. The third kappa shape index (κ3) is 3.57. The summed E-state index contributed by atoms with van der Waals surface area (Å²) >= 11 is 0. The monoisotopic (exact) mass is 273 g/mol. The fraction of sp³-hybridized carbons (Fsp3) is 0.444. The molecule has 0 aliphatic carbocycles. The van der Waals surface area contributed by atoms with Gasteiger partial charge in [-0.15, -0.1) is 0 Å². The highest BCUT2D eigenvalue weighted by Gasteiger charge is 2.17. The Balaban J connectivity index is 2.16. The highest BCUT2D eigenvalue weighted by molar-refractivity contribution is 5.86. The second-order valence-electron chi connectivity index (χ2n) is 6.20. The minimum absolute atomic E-state index is 0.128. The van der Waals surface area contributed by atoms with Gasteiger partial charge in [-0.2, -0.15) is 0 Å². The maximum absolute atomic E-state index is 13.8.